The maximum absolute atomic E-state index is 12.8. The van der Waals surface area contributed by atoms with Crippen molar-refractivity contribution < 1.29 is 36.3 Å². The highest BCUT2D eigenvalue weighted by atomic mass is 32.3. The Morgan fingerprint density at radius 3 is 2.57 bits per heavy atom. The molecule has 0 aliphatic carbocycles. The molecule has 1 saturated heterocycles. The van der Waals surface area contributed by atoms with Crippen LogP contribution in [0.25, 0.3) is 0 Å². The molecule has 2 aliphatic rings. The second kappa shape index (κ2) is 7.59. The molecule has 158 valence electrons. The highest BCUT2D eigenvalue weighted by Crippen LogP contribution is 2.48. The number of hydroxylamine groups is 2. The summed E-state index contributed by atoms with van der Waals surface area (Å²) in [4.78, 5) is 26.3. The summed E-state index contributed by atoms with van der Waals surface area (Å²) in [5.41, 5.74) is 1.73. The van der Waals surface area contributed by atoms with Gasteiger partial charge in [-0.05, 0) is 17.2 Å². The molecule has 4 rings (SSSR count). The van der Waals surface area contributed by atoms with Crippen molar-refractivity contribution in [1.29, 1.82) is 0 Å². The van der Waals surface area contributed by atoms with Crippen molar-refractivity contribution in [2.75, 3.05) is 13.7 Å². The maximum atomic E-state index is 12.8. The molecule has 0 saturated carbocycles. The maximum Gasteiger partial charge on any atom is 0.418 e. The number of rotatable bonds is 6. The monoisotopic (exact) mass is 434 g/mol. The fourth-order valence-corrected chi connectivity index (χ4v) is 4.13. The summed E-state index contributed by atoms with van der Waals surface area (Å²) in [6.07, 6.45) is 0. The summed E-state index contributed by atoms with van der Waals surface area (Å²) >= 11 is 0. The van der Waals surface area contributed by atoms with Crippen molar-refractivity contribution in [1.82, 2.24) is 9.96 Å². The van der Waals surface area contributed by atoms with Crippen LogP contribution in [0.15, 0.2) is 48.5 Å². The molecule has 0 aromatic heterocycles. The summed E-state index contributed by atoms with van der Waals surface area (Å²) in [5, 5.41) is 0.534. The molecular weight excluding hydrogens is 416 g/mol. The molecule has 0 spiro atoms. The Kier molecular flexibility index (Phi) is 5.10. The molecule has 10 nitrogen and oxygen atoms in total. The highest BCUT2D eigenvalue weighted by molar-refractivity contribution is 7.80. The first-order chi connectivity index (χ1) is 14.3. The third kappa shape index (κ3) is 3.58. The van der Waals surface area contributed by atoms with E-state index in [1.165, 1.54) is 7.11 Å². The smallest absolute Gasteiger partial charge is 0.418 e. The van der Waals surface area contributed by atoms with Gasteiger partial charge in [0.05, 0.1) is 13.7 Å². The number of fused-ring (bicyclic) bond motifs is 4. The average Bonchev–Trinajstić information content (AvgIpc) is 2.98. The van der Waals surface area contributed by atoms with Crippen LogP contribution in [0.3, 0.4) is 0 Å². The standard InChI is InChI=1S/C19H18N2O8S/c1-27-18(22)17-13-8-5-9-15(28-11-12-6-3-2-4-7-12)16(13)14-10-20(17)19(23)21(14)29-30(24,25)26/h2-9,14,17H,10-11H2,1H3,(H,24,25,26)/t14-,17?/m1/s1. The highest BCUT2D eigenvalue weighted by Gasteiger charge is 2.53. The van der Waals surface area contributed by atoms with Gasteiger partial charge in [-0.1, -0.05) is 42.5 Å². The lowest BCUT2D eigenvalue weighted by atomic mass is 9.90. The van der Waals surface area contributed by atoms with Crippen molar-refractivity contribution in [3.63, 3.8) is 0 Å². The zero-order valence-corrected chi connectivity index (χ0v) is 16.6. The van der Waals surface area contributed by atoms with Crippen molar-refractivity contribution in [2.24, 2.45) is 0 Å². The van der Waals surface area contributed by atoms with Crippen molar-refractivity contribution in [3.8, 4) is 5.75 Å². The minimum Gasteiger partial charge on any atom is -0.489 e. The van der Waals surface area contributed by atoms with E-state index in [0.29, 0.717) is 21.9 Å². The number of benzene rings is 2. The van der Waals surface area contributed by atoms with Crippen LogP contribution >= 0.6 is 0 Å². The largest absolute Gasteiger partial charge is 0.489 e. The number of carbonyl (C=O) groups is 2. The summed E-state index contributed by atoms with van der Waals surface area (Å²) < 4.78 is 47.0. The number of methoxy groups -OCH3 is 1. The quantitative estimate of drug-likeness (QED) is 0.541. The van der Waals surface area contributed by atoms with E-state index in [9.17, 15) is 18.0 Å². The van der Waals surface area contributed by atoms with E-state index in [1.807, 2.05) is 30.3 Å². The first-order valence-corrected chi connectivity index (χ1v) is 10.3. The summed E-state index contributed by atoms with van der Waals surface area (Å²) in [7, 11) is -3.78. The van der Waals surface area contributed by atoms with Crippen LogP contribution in [0.4, 0.5) is 4.79 Å². The Morgan fingerprint density at radius 1 is 1.17 bits per heavy atom. The van der Waals surface area contributed by atoms with Gasteiger partial charge < -0.3 is 14.4 Å². The van der Waals surface area contributed by atoms with Crippen LogP contribution in [-0.4, -0.2) is 48.6 Å². The molecule has 1 fully saturated rings. The molecule has 11 heteroatoms. The van der Waals surface area contributed by atoms with E-state index in [-0.39, 0.29) is 13.2 Å². The minimum absolute atomic E-state index is 0.0488. The fourth-order valence-electron chi connectivity index (χ4n) is 3.76. The molecule has 2 aromatic rings. The summed E-state index contributed by atoms with van der Waals surface area (Å²) in [5.74, 6) is -0.342. The molecule has 2 heterocycles. The zero-order chi connectivity index (χ0) is 21.5. The predicted molar refractivity (Wildman–Crippen MR) is 101 cm³/mol. The number of carbonyl (C=O) groups excluding carboxylic acids is 2. The Bertz CT molecular complexity index is 1090. The molecular formula is C19H18N2O8S. The molecule has 2 atom stereocenters. The molecule has 2 aromatic carbocycles. The van der Waals surface area contributed by atoms with Gasteiger partial charge in [0, 0.05) is 5.56 Å². The van der Waals surface area contributed by atoms with Crippen LogP contribution in [0.5, 0.6) is 5.75 Å². The second-order valence-electron chi connectivity index (χ2n) is 6.74. The van der Waals surface area contributed by atoms with Crippen molar-refractivity contribution in [3.05, 3.63) is 65.2 Å². The van der Waals surface area contributed by atoms with Gasteiger partial charge >= 0.3 is 22.4 Å². The fraction of sp³-hybridized carbons (Fsp3) is 0.263. The number of esters is 1. The van der Waals surface area contributed by atoms with Gasteiger partial charge in [-0.15, -0.1) is 4.28 Å². The van der Waals surface area contributed by atoms with E-state index in [4.69, 9.17) is 14.0 Å². The molecule has 30 heavy (non-hydrogen) atoms. The summed E-state index contributed by atoms with van der Waals surface area (Å²) in [6, 6.07) is 11.4. The third-order valence-electron chi connectivity index (χ3n) is 4.96. The minimum atomic E-state index is -4.97. The summed E-state index contributed by atoms with van der Waals surface area (Å²) in [6.45, 7) is 0.163. The lowest BCUT2D eigenvalue weighted by Gasteiger charge is -2.32. The van der Waals surface area contributed by atoms with Gasteiger partial charge in [0.1, 0.15) is 18.4 Å². The number of nitrogens with zero attached hydrogens (tertiary/aromatic N) is 2. The lowest BCUT2D eigenvalue weighted by molar-refractivity contribution is -0.146. The molecule has 0 radical (unpaired) electrons. The van der Waals surface area contributed by atoms with Gasteiger partial charge in [0.15, 0.2) is 6.04 Å². The van der Waals surface area contributed by atoms with Crippen molar-refractivity contribution in [2.45, 2.75) is 18.7 Å². The molecule has 2 aliphatic heterocycles. The molecule has 2 amide bonds. The van der Waals surface area contributed by atoms with Gasteiger partial charge in [-0.2, -0.15) is 13.5 Å². The number of ether oxygens (including phenoxy) is 2. The first kappa shape index (κ1) is 20.1. The average molecular weight is 434 g/mol. The first-order valence-electron chi connectivity index (χ1n) is 8.94. The number of amides is 2. The Morgan fingerprint density at radius 2 is 1.90 bits per heavy atom. The zero-order valence-electron chi connectivity index (χ0n) is 15.8. The van der Waals surface area contributed by atoms with Crippen LogP contribution in [-0.2, 0) is 30.8 Å². The normalized spacial score (nSPS) is 20.1. The lowest BCUT2D eigenvalue weighted by Crippen LogP contribution is -2.39. The number of hydrogen-bond acceptors (Lipinski definition) is 7. The van der Waals surface area contributed by atoms with E-state index in [0.717, 1.165) is 10.5 Å². The molecule has 1 N–H and O–H groups in total. The van der Waals surface area contributed by atoms with E-state index >= 15 is 0 Å². The van der Waals surface area contributed by atoms with E-state index < -0.39 is 34.5 Å². The van der Waals surface area contributed by atoms with Crippen LogP contribution < -0.4 is 4.74 Å². The number of hydrogen-bond donors (Lipinski definition) is 1. The van der Waals surface area contributed by atoms with Crippen LogP contribution in [0.2, 0.25) is 0 Å². The Labute approximate surface area is 172 Å². The third-order valence-corrected chi connectivity index (χ3v) is 5.31. The van der Waals surface area contributed by atoms with E-state index in [2.05, 4.69) is 4.28 Å². The van der Waals surface area contributed by atoms with Crippen LogP contribution in [0, 0.1) is 0 Å². The van der Waals surface area contributed by atoms with Crippen LogP contribution in [0.1, 0.15) is 28.8 Å². The molecule has 2 bridgehead atoms. The second-order valence-corrected chi connectivity index (χ2v) is 7.74. The molecule has 1 unspecified atom stereocenters. The van der Waals surface area contributed by atoms with Gasteiger partial charge in [-0.25, -0.2) is 9.59 Å². The van der Waals surface area contributed by atoms with E-state index in [1.54, 1.807) is 18.2 Å². The SMILES string of the molecule is COC(=O)C1c2cccc(OCc3ccccc3)c2[C@H]2CN1C(=O)N2OS(=O)(=O)O. The van der Waals surface area contributed by atoms with Crippen molar-refractivity contribution >= 4 is 22.4 Å². The Hall–Kier alpha value is -3.15. The number of urea groups is 1. The van der Waals surface area contributed by atoms with Gasteiger partial charge in [0.25, 0.3) is 0 Å². The topological polar surface area (TPSA) is 123 Å². The predicted octanol–water partition coefficient (Wildman–Crippen LogP) is 2.01. The van der Waals surface area contributed by atoms with Gasteiger partial charge in [-0.3, -0.25) is 4.55 Å². The van der Waals surface area contributed by atoms with Gasteiger partial charge in [0.2, 0.25) is 0 Å². The Balaban J connectivity index is 1.77.